The summed E-state index contributed by atoms with van der Waals surface area (Å²) in [5, 5.41) is 7.95. The molecule has 2 amide bonds. The minimum absolute atomic E-state index is 0.0403. The van der Waals surface area contributed by atoms with Gasteiger partial charge >= 0.3 is 0 Å². The predicted octanol–water partition coefficient (Wildman–Crippen LogP) is 4.47. The first-order valence-corrected chi connectivity index (χ1v) is 10.0. The number of carbonyl (C=O) groups excluding carboxylic acids is 2. The smallest absolute Gasteiger partial charge is 0.254 e. The molecule has 0 unspecified atom stereocenters. The third-order valence-corrected chi connectivity index (χ3v) is 5.58. The summed E-state index contributed by atoms with van der Waals surface area (Å²) in [5.41, 5.74) is 5.66. The normalized spacial score (nSPS) is 10.7. The van der Waals surface area contributed by atoms with Crippen LogP contribution in [0.2, 0.25) is 5.02 Å². The van der Waals surface area contributed by atoms with E-state index >= 15 is 0 Å². The maximum absolute atomic E-state index is 12.7. The molecular weight excluding hydrogens is 400 g/mol. The highest BCUT2D eigenvalue weighted by Crippen LogP contribution is 2.23. The molecule has 0 spiro atoms. The van der Waals surface area contributed by atoms with Gasteiger partial charge in [0.15, 0.2) is 0 Å². The number of likely N-dealkylation sites (N-methyl/N-ethyl adjacent to an activating group) is 1. The summed E-state index contributed by atoms with van der Waals surface area (Å²) in [6.07, 6.45) is 0. The average molecular weight is 425 g/mol. The van der Waals surface area contributed by atoms with Crippen molar-refractivity contribution in [3.05, 3.63) is 75.6 Å². The lowest BCUT2D eigenvalue weighted by Crippen LogP contribution is -2.35. The Morgan fingerprint density at radius 1 is 1.03 bits per heavy atom. The number of aryl methyl sites for hydroxylation is 3. The summed E-state index contributed by atoms with van der Waals surface area (Å²) in [5.74, 6) is -0.471. The molecule has 6 nitrogen and oxygen atoms in total. The quantitative estimate of drug-likeness (QED) is 0.657. The molecule has 1 aromatic heterocycles. The molecule has 7 heteroatoms. The molecule has 2 aromatic carbocycles. The van der Waals surface area contributed by atoms with Gasteiger partial charge in [0.05, 0.1) is 28.6 Å². The van der Waals surface area contributed by atoms with Crippen molar-refractivity contribution in [2.45, 2.75) is 27.7 Å². The van der Waals surface area contributed by atoms with Gasteiger partial charge < -0.3 is 10.2 Å². The van der Waals surface area contributed by atoms with Crippen molar-refractivity contribution < 1.29 is 9.59 Å². The second-order valence-corrected chi connectivity index (χ2v) is 7.80. The Balaban J connectivity index is 1.68. The SMILES string of the molecule is Cc1cccc(C)c1NC(=O)CN(C)C(=O)c1ccc(-n2nc(C)c(Cl)c2C)cc1. The Morgan fingerprint density at radius 2 is 1.63 bits per heavy atom. The molecule has 0 saturated heterocycles. The molecule has 1 N–H and O–H groups in total. The van der Waals surface area contributed by atoms with E-state index in [-0.39, 0.29) is 18.4 Å². The van der Waals surface area contributed by atoms with E-state index in [0.29, 0.717) is 10.6 Å². The van der Waals surface area contributed by atoms with E-state index in [1.54, 1.807) is 23.9 Å². The van der Waals surface area contributed by atoms with Crippen molar-refractivity contribution in [2.75, 3.05) is 18.9 Å². The number of nitrogens with zero attached hydrogens (tertiary/aromatic N) is 3. The van der Waals surface area contributed by atoms with Crippen LogP contribution in [0.3, 0.4) is 0 Å². The Kier molecular flexibility index (Phi) is 6.27. The first-order valence-electron chi connectivity index (χ1n) is 9.62. The molecule has 0 fully saturated rings. The van der Waals surface area contributed by atoms with Crippen molar-refractivity contribution in [1.82, 2.24) is 14.7 Å². The third kappa shape index (κ3) is 4.39. The van der Waals surface area contributed by atoms with Crippen molar-refractivity contribution in [3.8, 4) is 5.69 Å². The zero-order valence-corrected chi connectivity index (χ0v) is 18.5. The van der Waals surface area contributed by atoms with Crippen LogP contribution in [0.25, 0.3) is 5.69 Å². The molecule has 0 aliphatic rings. The Bertz CT molecular complexity index is 1080. The van der Waals surface area contributed by atoms with Crippen LogP contribution in [0.4, 0.5) is 5.69 Å². The highest BCUT2D eigenvalue weighted by Gasteiger charge is 2.17. The Hall–Kier alpha value is -3.12. The summed E-state index contributed by atoms with van der Waals surface area (Å²) in [4.78, 5) is 26.6. The van der Waals surface area contributed by atoms with E-state index < -0.39 is 0 Å². The summed E-state index contributed by atoms with van der Waals surface area (Å²) in [6.45, 7) is 7.58. The fourth-order valence-electron chi connectivity index (χ4n) is 3.32. The number of benzene rings is 2. The van der Waals surface area contributed by atoms with E-state index in [4.69, 9.17) is 11.6 Å². The second-order valence-electron chi connectivity index (χ2n) is 7.42. The summed E-state index contributed by atoms with van der Waals surface area (Å²) in [7, 11) is 1.61. The van der Waals surface area contributed by atoms with Crippen molar-refractivity contribution in [1.29, 1.82) is 0 Å². The van der Waals surface area contributed by atoms with E-state index in [1.807, 2.05) is 58.0 Å². The van der Waals surface area contributed by atoms with E-state index in [9.17, 15) is 9.59 Å². The van der Waals surface area contributed by atoms with Gasteiger partial charge in [0.25, 0.3) is 5.91 Å². The number of carbonyl (C=O) groups is 2. The number of amides is 2. The molecule has 3 aromatic rings. The summed E-state index contributed by atoms with van der Waals surface area (Å²) >= 11 is 6.22. The third-order valence-electron chi connectivity index (χ3n) is 5.03. The van der Waals surface area contributed by atoms with Gasteiger partial charge in [0.1, 0.15) is 0 Å². The van der Waals surface area contributed by atoms with Crippen LogP contribution >= 0.6 is 11.6 Å². The van der Waals surface area contributed by atoms with Crippen molar-refractivity contribution in [3.63, 3.8) is 0 Å². The number of hydrogen-bond donors (Lipinski definition) is 1. The molecule has 0 saturated carbocycles. The Labute approximate surface area is 181 Å². The largest absolute Gasteiger partial charge is 0.332 e. The fraction of sp³-hybridized carbons (Fsp3) is 0.261. The minimum atomic E-state index is -0.239. The van der Waals surface area contributed by atoms with Gasteiger partial charge in [-0.2, -0.15) is 5.10 Å². The standard InChI is InChI=1S/C23H25ClN4O2/c1-14-7-6-8-15(2)22(14)25-20(29)13-27(5)23(30)18-9-11-19(12-10-18)28-17(4)21(24)16(3)26-28/h6-12H,13H2,1-5H3,(H,25,29). The van der Waals surface area contributed by atoms with Crippen LogP contribution in [0.15, 0.2) is 42.5 Å². The molecule has 156 valence electrons. The molecule has 30 heavy (non-hydrogen) atoms. The lowest BCUT2D eigenvalue weighted by molar-refractivity contribution is -0.116. The lowest BCUT2D eigenvalue weighted by Gasteiger charge is -2.18. The molecule has 0 atom stereocenters. The first-order chi connectivity index (χ1) is 14.2. The number of hydrogen-bond acceptors (Lipinski definition) is 3. The fourth-order valence-corrected chi connectivity index (χ4v) is 3.44. The lowest BCUT2D eigenvalue weighted by atomic mass is 10.1. The molecular formula is C23H25ClN4O2. The van der Waals surface area contributed by atoms with Gasteiger partial charge in [0, 0.05) is 18.3 Å². The number of para-hydroxylation sites is 1. The summed E-state index contributed by atoms with van der Waals surface area (Å²) in [6, 6.07) is 12.9. The van der Waals surface area contributed by atoms with Crippen LogP contribution < -0.4 is 5.32 Å². The van der Waals surface area contributed by atoms with Crippen LogP contribution in [0.5, 0.6) is 0 Å². The van der Waals surface area contributed by atoms with Crippen LogP contribution in [-0.4, -0.2) is 40.1 Å². The van der Waals surface area contributed by atoms with Crippen molar-refractivity contribution >= 4 is 29.1 Å². The van der Waals surface area contributed by atoms with Gasteiger partial charge in [-0.1, -0.05) is 29.8 Å². The van der Waals surface area contributed by atoms with Gasteiger partial charge in [0.2, 0.25) is 5.91 Å². The first kappa shape index (κ1) is 21.6. The maximum atomic E-state index is 12.7. The zero-order chi connectivity index (χ0) is 22.0. The van der Waals surface area contributed by atoms with E-state index in [2.05, 4.69) is 10.4 Å². The molecule has 3 rings (SSSR count). The zero-order valence-electron chi connectivity index (χ0n) is 17.8. The topological polar surface area (TPSA) is 67.2 Å². The summed E-state index contributed by atoms with van der Waals surface area (Å²) < 4.78 is 1.74. The number of rotatable bonds is 5. The van der Waals surface area contributed by atoms with Crippen LogP contribution in [-0.2, 0) is 4.79 Å². The van der Waals surface area contributed by atoms with Gasteiger partial charge in [-0.05, 0) is 63.1 Å². The van der Waals surface area contributed by atoms with Crippen molar-refractivity contribution in [2.24, 2.45) is 0 Å². The highest BCUT2D eigenvalue weighted by molar-refractivity contribution is 6.31. The molecule has 0 radical (unpaired) electrons. The maximum Gasteiger partial charge on any atom is 0.254 e. The van der Waals surface area contributed by atoms with E-state index in [1.165, 1.54) is 4.90 Å². The van der Waals surface area contributed by atoms with Gasteiger partial charge in [-0.25, -0.2) is 4.68 Å². The van der Waals surface area contributed by atoms with Crippen LogP contribution in [0.1, 0.15) is 32.9 Å². The highest BCUT2D eigenvalue weighted by atomic mass is 35.5. The number of halogens is 1. The number of anilines is 1. The average Bonchev–Trinajstić information content (AvgIpc) is 2.97. The number of aromatic nitrogens is 2. The van der Waals surface area contributed by atoms with Crippen LogP contribution in [0, 0.1) is 27.7 Å². The molecule has 0 aliphatic carbocycles. The molecule has 0 aliphatic heterocycles. The Morgan fingerprint density at radius 3 is 2.17 bits per heavy atom. The predicted molar refractivity (Wildman–Crippen MR) is 120 cm³/mol. The minimum Gasteiger partial charge on any atom is -0.332 e. The van der Waals surface area contributed by atoms with E-state index in [0.717, 1.165) is 33.9 Å². The molecule has 0 bridgehead atoms. The van der Waals surface area contributed by atoms with Gasteiger partial charge in [-0.15, -0.1) is 0 Å². The monoisotopic (exact) mass is 424 g/mol. The molecule has 1 heterocycles. The second kappa shape index (κ2) is 8.71. The number of nitrogens with one attached hydrogen (secondary N) is 1. The van der Waals surface area contributed by atoms with Gasteiger partial charge in [-0.3, -0.25) is 9.59 Å².